The van der Waals surface area contributed by atoms with Crippen molar-refractivity contribution < 1.29 is 23.1 Å². The molecule has 0 unspecified atom stereocenters. The Hall–Kier alpha value is -1.86. The van der Waals surface area contributed by atoms with Crippen LogP contribution >= 0.6 is 0 Å². The van der Waals surface area contributed by atoms with E-state index in [1.54, 1.807) is 0 Å². The van der Waals surface area contributed by atoms with Crippen molar-refractivity contribution in [3.8, 4) is 0 Å². The third-order valence-electron chi connectivity index (χ3n) is 2.21. The summed E-state index contributed by atoms with van der Waals surface area (Å²) >= 11 is 0. The molecule has 1 rings (SSSR count). The van der Waals surface area contributed by atoms with E-state index in [1.165, 1.54) is 14.0 Å². The first-order valence-electron chi connectivity index (χ1n) is 5.05. The fourth-order valence-corrected chi connectivity index (χ4v) is 1.30. The van der Waals surface area contributed by atoms with E-state index in [4.69, 9.17) is 5.11 Å². The van der Waals surface area contributed by atoms with Crippen LogP contribution in [-0.2, 0) is 0 Å². The predicted molar refractivity (Wildman–Crippen MR) is 57.7 cm³/mol. The molecule has 0 amide bonds. The Morgan fingerprint density at radius 3 is 2.61 bits per heavy atom. The van der Waals surface area contributed by atoms with Crippen LogP contribution in [0.1, 0.15) is 22.6 Å². The van der Waals surface area contributed by atoms with E-state index in [-0.39, 0.29) is 17.9 Å². The second-order valence-electron chi connectivity index (χ2n) is 3.75. The Labute approximate surface area is 101 Å². The van der Waals surface area contributed by atoms with Gasteiger partial charge in [-0.3, -0.25) is 0 Å². The number of aromatic carboxylic acids is 1. The van der Waals surface area contributed by atoms with Crippen LogP contribution < -0.4 is 4.90 Å². The molecule has 100 valence electrons. The standard InChI is InChI=1S/C10H12F3N3O2/c1-6-14-5-7(9(17)18)8(15-6)16(2)4-3-10(11,12)13/h5H,3-4H2,1-2H3,(H,17,18). The average Bonchev–Trinajstić information content (AvgIpc) is 2.24. The third-order valence-corrected chi connectivity index (χ3v) is 2.21. The van der Waals surface area contributed by atoms with Gasteiger partial charge in [0.1, 0.15) is 17.2 Å². The quantitative estimate of drug-likeness (QED) is 0.898. The second-order valence-corrected chi connectivity index (χ2v) is 3.75. The number of anilines is 1. The molecule has 0 aliphatic rings. The number of hydrogen-bond donors (Lipinski definition) is 1. The maximum absolute atomic E-state index is 12.1. The zero-order valence-corrected chi connectivity index (χ0v) is 9.82. The van der Waals surface area contributed by atoms with Crippen molar-refractivity contribution in [2.24, 2.45) is 0 Å². The van der Waals surface area contributed by atoms with Crippen LogP contribution in [0.15, 0.2) is 6.20 Å². The van der Waals surface area contributed by atoms with E-state index in [0.717, 1.165) is 11.1 Å². The van der Waals surface area contributed by atoms with Gasteiger partial charge in [-0.2, -0.15) is 13.2 Å². The Kier molecular flexibility index (Phi) is 4.10. The van der Waals surface area contributed by atoms with Gasteiger partial charge in [-0.15, -0.1) is 0 Å². The second kappa shape index (κ2) is 5.19. The molecular formula is C10H12F3N3O2. The van der Waals surface area contributed by atoms with E-state index >= 15 is 0 Å². The van der Waals surface area contributed by atoms with Crippen molar-refractivity contribution in [1.82, 2.24) is 9.97 Å². The Morgan fingerprint density at radius 2 is 2.11 bits per heavy atom. The minimum Gasteiger partial charge on any atom is -0.477 e. The first-order valence-corrected chi connectivity index (χ1v) is 5.05. The molecule has 1 N–H and O–H groups in total. The molecule has 0 aliphatic heterocycles. The molecule has 0 spiro atoms. The molecule has 0 aliphatic carbocycles. The molecular weight excluding hydrogens is 251 g/mol. The molecule has 1 heterocycles. The number of hydrogen-bond acceptors (Lipinski definition) is 4. The summed E-state index contributed by atoms with van der Waals surface area (Å²) < 4.78 is 36.3. The largest absolute Gasteiger partial charge is 0.477 e. The van der Waals surface area contributed by atoms with Gasteiger partial charge in [-0.05, 0) is 6.92 Å². The summed E-state index contributed by atoms with van der Waals surface area (Å²) in [5.41, 5.74) is -0.217. The maximum Gasteiger partial charge on any atom is 0.390 e. The maximum atomic E-state index is 12.1. The van der Waals surface area contributed by atoms with Gasteiger partial charge in [0, 0.05) is 19.8 Å². The smallest absolute Gasteiger partial charge is 0.390 e. The molecule has 0 bridgehead atoms. The van der Waals surface area contributed by atoms with Gasteiger partial charge in [-0.1, -0.05) is 0 Å². The van der Waals surface area contributed by atoms with E-state index in [0.29, 0.717) is 5.82 Å². The molecule has 18 heavy (non-hydrogen) atoms. The minimum atomic E-state index is -4.29. The lowest BCUT2D eigenvalue weighted by Crippen LogP contribution is -2.27. The van der Waals surface area contributed by atoms with Crippen LogP contribution in [0.2, 0.25) is 0 Å². The lowest BCUT2D eigenvalue weighted by Gasteiger charge is -2.20. The van der Waals surface area contributed by atoms with Gasteiger partial charge in [0.05, 0.1) is 6.42 Å². The van der Waals surface area contributed by atoms with Gasteiger partial charge in [0.15, 0.2) is 0 Å². The molecule has 0 radical (unpaired) electrons. The number of aryl methyl sites for hydroxylation is 1. The van der Waals surface area contributed by atoms with E-state index in [2.05, 4.69) is 9.97 Å². The van der Waals surface area contributed by atoms with Crippen LogP contribution in [0.5, 0.6) is 0 Å². The summed E-state index contributed by atoms with van der Waals surface area (Å²) in [5.74, 6) is -0.989. The van der Waals surface area contributed by atoms with Crippen LogP contribution in [-0.4, -0.2) is 40.8 Å². The molecule has 0 saturated heterocycles. The van der Waals surface area contributed by atoms with Gasteiger partial charge in [-0.25, -0.2) is 14.8 Å². The van der Waals surface area contributed by atoms with E-state index < -0.39 is 18.6 Å². The van der Waals surface area contributed by atoms with Crippen molar-refractivity contribution >= 4 is 11.8 Å². The Balaban J connectivity index is 2.93. The SMILES string of the molecule is Cc1ncc(C(=O)O)c(N(C)CCC(F)(F)F)n1. The van der Waals surface area contributed by atoms with Crippen LogP contribution in [0, 0.1) is 6.92 Å². The van der Waals surface area contributed by atoms with Crippen LogP contribution in [0.4, 0.5) is 19.0 Å². The summed E-state index contributed by atoms with van der Waals surface area (Å²) in [5, 5.41) is 8.90. The number of rotatable bonds is 4. The summed E-state index contributed by atoms with van der Waals surface area (Å²) in [7, 11) is 1.36. The summed E-state index contributed by atoms with van der Waals surface area (Å²) in [6.45, 7) is 1.17. The molecule has 0 atom stereocenters. The highest BCUT2D eigenvalue weighted by Crippen LogP contribution is 2.22. The first kappa shape index (κ1) is 14.2. The average molecular weight is 263 g/mol. The number of aromatic nitrogens is 2. The number of carbonyl (C=O) groups is 1. The van der Waals surface area contributed by atoms with Crippen molar-refractivity contribution in [1.29, 1.82) is 0 Å². The van der Waals surface area contributed by atoms with Crippen molar-refractivity contribution in [3.05, 3.63) is 17.6 Å². The normalized spacial score (nSPS) is 11.4. The van der Waals surface area contributed by atoms with E-state index in [1.807, 2.05) is 0 Å². The minimum absolute atomic E-state index is 0.0146. The molecule has 5 nitrogen and oxygen atoms in total. The Morgan fingerprint density at radius 1 is 1.50 bits per heavy atom. The third kappa shape index (κ3) is 3.86. The zero-order chi connectivity index (χ0) is 13.9. The number of halogens is 3. The molecule has 1 aromatic rings. The number of alkyl halides is 3. The lowest BCUT2D eigenvalue weighted by molar-refractivity contribution is -0.132. The molecule has 0 saturated carbocycles. The van der Waals surface area contributed by atoms with Crippen LogP contribution in [0.25, 0.3) is 0 Å². The predicted octanol–water partition coefficient (Wildman–Crippen LogP) is 1.87. The monoisotopic (exact) mass is 263 g/mol. The molecule has 0 fully saturated rings. The van der Waals surface area contributed by atoms with Crippen molar-refractivity contribution in [3.63, 3.8) is 0 Å². The fraction of sp³-hybridized carbons (Fsp3) is 0.500. The highest BCUT2D eigenvalue weighted by Gasteiger charge is 2.28. The van der Waals surface area contributed by atoms with Gasteiger partial charge in [0.25, 0.3) is 0 Å². The lowest BCUT2D eigenvalue weighted by atomic mass is 10.2. The number of nitrogens with zero attached hydrogens (tertiary/aromatic N) is 3. The van der Waals surface area contributed by atoms with E-state index in [9.17, 15) is 18.0 Å². The zero-order valence-electron chi connectivity index (χ0n) is 9.82. The van der Waals surface area contributed by atoms with Gasteiger partial charge >= 0.3 is 12.1 Å². The number of carboxylic acids is 1. The first-order chi connectivity index (χ1) is 8.20. The van der Waals surface area contributed by atoms with Crippen molar-refractivity contribution in [2.75, 3.05) is 18.5 Å². The summed E-state index contributed by atoms with van der Waals surface area (Å²) in [6, 6.07) is 0. The van der Waals surface area contributed by atoms with Crippen molar-refractivity contribution in [2.45, 2.75) is 19.5 Å². The summed E-state index contributed by atoms with van der Waals surface area (Å²) in [4.78, 5) is 19.6. The Bertz CT molecular complexity index is 448. The fourth-order valence-electron chi connectivity index (χ4n) is 1.30. The summed E-state index contributed by atoms with van der Waals surface area (Å²) in [6.07, 6.45) is -4.24. The number of carboxylic acid groups (broad SMARTS) is 1. The topological polar surface area (TPSA) is 66.3 Å². The van der Waals surface area contributed by atoms with Gasteiger partial charge < -0.3 is 10.0 Å². The molecule has 1 aromatic heterocycles. The highest BCUT2D eigenvalue weighted by atomic mass is 19.4. The highest BCUT2D eigenvalue weighted by molar-refractivity contribution is 5.92. The van der Waals surface area contributed by atoms with Crippen LogP contribution in [0.3, 0.4) is 0 Å². The molecule has 8 heteroatoms. The van der Waals surface area contributed by atoms with Gasteiger partial charge in [0.2, 0.25) is 0 Å². The molecule has 0 aromatic carbocycles.